The number of hydrogen-bond acceptors (Lipinski definition) is 5. The number of nitro groups is 1. The molecule has 1 aromatic carbocycles. The van der Waals surface area contributed by atoms with Gasteiger partial charge >= 0.3 is 0 Å². The van der Waals surface area contributed by atoms with Gasteiger partial charge in [-0.2, -0.15) is 0 Å². The molecular formula is C10H7NO5. The monoisotopic (exact) mass is 221 g/mol. The van der Waals surface area contributed by atoms with Crippen molar-refractivity contribution in [3.63, 3.8) is 0 Å². The Balaban J connectivity index is 2.53. The first-order valence-electron chi connectivity index (χ1n) is 4.49. The lowest BCUT2D eigenvalue weighted by atomic mass is 9.98. The summed E-state index contributed by atoms with van der Waals surface area (Å²) in [5.74, 6) is -1.80. The second-order valence-corrected chi connectivity index (χ2v) is 3.55. The van der Waals surface area contributed by atoms with E-state index < -0.39 is 28.6 Å². The molecule has 1 aromatic rings. The van der Waals surface area contributed by atoms with Gasteiger partial charge in [0.25, 0.3) is 5.60 Å². The molecule has 16 heavy (non-hydrogen) atoms. The molecular weight excluding hydrogens is 214 g/mol. The largest absolute Gasteiger partial charge is 0.369 e. The fraction of sp³-hybridized carbons (Fsp3) is 0.200. The first kappa shape index (κ1) is 10.4. The zero-order valence-corrected chi connectivity index (χ0v) is 8.04. The van der Waals surface area contributed by atoms with Crippen molar-refractivity contribution >= 4 is 11.6 Å². The van der Waals surface area contributed by atoms with Crippen LogP contribution in [0, 0.1) is 10.1 Å². The van der Waals surface area contributed by atoms with E-state index in [9.17, 15) is 24.8 Å². The summed E-state index contributed by atoms with van der Waals surface area (Å²) in [6.45, 7) is -1.10. The minimum atomic E-state index is -2.53. The Labute approximate surface area is 89.7 Å². The van der Waals surface area contributed by atoms with Gasteiger partial charge in [-0.05, 0) is 0 Å². The third-order valence-corrected chi connectivity index (χ3v) is 2.53. The highest BCUT2D eigenvalue weighted by atomic mass is 16.6. The molecule has 6 nitrogen and oxygen atoms in total. The molecule has 0 unspecified atom stereocenters. The van der Waals surface area contributed by atoms with Crippen LogP contribution in [-0.4, -0.2) is 33.7 Å². The van der Waals surface area contributed by atoms with Gasteiger partial charge < -0.3 is 5.11 Å². The van der Waals surface area contributed by atoms with Crippen molar-refractivity contribution < 1.29 is 19.6 Å². The van der Waals surface area contributed by atoms with E-state index in [1.807, 2.05) is 0 Å². The van der Waals surface area contributed by atoms with E-state index in [1.165, 1.54) is 24.3 Å². The molecule has 6 heteroatoms. The number of nitrogens with zero attached hydrogens (tertiary/aromatic N) is 1. The van der Waals surface area contributed by atoms with E-state index >= 15 is 0 Å². The molecule has 0 atom stereocenters. The smallest absolute Gasteiger partial charge is 0.255 e. The number of fused-ring (bicyclic) bond motifs is 1. The van der Waals surface area contributed by atoms with Crippen molar-refractivity contribution in [2.45, 2.75) is 5.60 Å². The van der Waals surface area contributed by atoms with Crippen LogP contribution >= 0.6 is 0 Å². The predicted molar refractivity (Wildman–Crippen MR) is 51.9 cm³/mol. The molecule has 0 fully saturated rings. The summed E-state index contributed by atoms with van der Waals surface area (Å²) in [6, 6.07) is 5.80. The maximum absolute atomic E-state index is 11.7. The van der Waals surface area contributed by atoms with E-state index in [2.05, 4.69) is 0 Å². The Morgan fingerprint density at radius 2 is 1.62 bits per heavy atom. The predicted octanol–water partition coefficient (Wildman–Crippen LogP) is 0.0734. The van der Waals surface area contributed by atoms with Crippen LogP contribution in [0.15, 0.2) is 24.3 Å². The number of Topliss-reactive ketones (excluding diaryl/α,β-unsaturated/α-hetero) is 2. The molecule has 0 aliphatic heterocycles. The first-order valence-corrected chi connectivity index (χ1v) is 4.49. The Bertz CT molecular complexity index is 473. The molecule has 0 saturated heterocycles. The number of hydrogen-bond donors (Lipinski definition) is 1. The number of carbonyl (C=O) groups excluding carboxylic acids is 2. The van der Waals surface area contributed by atoms with E-state index in [-0.39, 0.29) is 11.1 Å². The second kappa shape index (κ2) is 3.21. The van der Waals surface area contributed by atoms with Crippen molar-refractivity contribution in [1.29, 1.82) is 0 Å². The molecule has 82 valence electrons. The summed E-state index contributed by atoms with van der Waals surface area (Å²) >= 11 is 0. The second-order valence-electron chi connectivity index (χ2n) is 3.55. The third-order valence-electron chi connectivity index (χ3n) is 2.53. The molecule has 1 aliphatic carbocycles. The average Bonchev–Trinajstić information content (AvgIpc) is 2.42. The van der Waals surface area contributed by atoms with E-state index in [1.54, 1.807) is 0 Å². The van der Waals surface area contributed by atoms with Gasteiger partial charge in [0, 0.05) is 16.1 Å². The van der Waals surface area contributed by atoms with Crippen molar-refractivity contribution in [1.82, 2.24) is 0 Å². The van der Waals surface area contributed by atoms with E-state index in [0.717, 1.165) is 0 Å². The van der Waals surface area contributed by atoms with Gasteiger partial charge in [0.2, 0.25) is 18.1 Å². The van der Waals surface area contributed by atoms with Gasteiger partial charge in [-0.15, -0.1) is 0 Å². The number of ketones is 2. The Hall–Kier alpha value is -2.08. The lowest BCUT2D eigenvalue weighted by Gasteiger charge is -2.12. The van der Waals surface area contributed by atoms with Crippen molar-refractivity contribution in [2.24, 2.45) is 0 Å². The van der Waals surface area contributed by atoms with Crippen LogP contribution in [0.2, 0.25) is 0 Å². The van der Waals surface area contributed by atoms with Crippen LogP contribution < -0.4 is 0 Å². The molecule has 2 rings (SSSR count). The molecule has 1 aliphatic rings. The topological polar surface area (TPSA) is 97.5 Å². The zero-order chi connectivity index (χ0) is 11.9. The lowest BCUT2D eigenvalue weighted by Crippen LogP contribution is -2.47. The minimum Gasteiger partial charge on any atom is -0.369 e. The summed E-state index contributed by atoms with van der Waals surface area (Å²) in [5, 5.41) is 20.1. The molecule has 1 N–H and O–H groups in total. The highest BCUT2D eigenvalue weighted by Crippen LogP contribution is 2.29. The van der Waals surface area contributed by atoms with Crippen molar-refractivity contribution in [3.05, 3.63) is 45.5 Å². The highest BCUT2D eigenvalue weighted by Gasteiger charge is 2.55. The van der Waals surface area contributed by atoms with Crippen LogP contribution in [0.5, 0.6) is 0 Å². The maximum atomic E-state index is 11.7. The summed E-state index contributed by atoms with van der Waals surface area (Å²) in [6.07, 6.45) is 0. The molecule has 0 radical (unpaired) electrons. The van der Waals surface area contributed by atoms with Gasteiger partial charge in [0.05, 0.1) is 0 Å². The zero-order valence-electron chi connectivity index (χ0n) is 8.04. The summed E-state index contributed by atoms with van der Waals surface area (Å²) < 4.78 is 0. The highest BCUT2D eigenvalue weighted by molar-refractivity contribution is 6.32. The first-order chi connectivity index (χ1) is 7.47. The summed E-state index contributed by atoms with van der Waals surface area (Å²) in [4.78, 5) is 32.8. The third kappa shape index (κ3) is 1.24. The summed E-state index contributed by atoms with van der Waals surface area (Å²) in [5.41, 5.74) is -2.46. The van der Waals surface area contributed by atoms with Crippen LogP contribution in [-0.2, 0) is 0 Å². The number of rotatable bonds is 2. The van der Waals surface area contributed by atoms with E-state index in [0.29, 0.717) is 0 Å². The van der Waals surface area contributed by atoms with Gasteiger partial charge in [-0.1, -0.05) is 24.3 Å². The van der Waals surface area contributed by atoms with Crippen LogP contribution in [0.1, 0.15) is 20.7 Å². The maximum Gasteiger partial charge on any atom is 0.255 e. The average molecular weight is 221 g/mol. The number of benzene rings is 1. The van der Waals surface area contributed by atoms with E-state index in [4.69, 9.17) is 0 Å². The summed E-state index contributed by atoms with van der Waals surface area (Å²) in [7, 11) is 0. The molecule has 0 aromatic heterocycles. The van der Waals surface area contributed by atoms with Gasteiger partial charge in [0.1, 0.15) is 0 Å². The fourth-order valence-electron chi connectivity index (χ4n) is 1.76. The molecule has 0 saturated carbocycles. The van der Waals surface area contributed by atoms with Gasteiger partial charge in [-0.3, -0.25) is 19.7 Å². The SMILES string of the molecule is O=C1c2ccccc2C(=O)C1(O)C[N+](=O)[O-]. The molecule has 0 bridgehead atoms. The fourth-order valence-corrected chi connectivity index (χ4v) is 1.76. The van der Waals surface area contributed by atoms with Crippen molar-refractivity contribution in [2.75, 3.05) is 6.54 Å². The van der Waals surface area contributed by atoms with Gasteiger partial charge in [0.15, 0.2) is 0 Å². The molecule has 0 amide bonds. The number of carbonyl (C=O) groups is 2. The van der Waals surface area contributed by atoms with Gasteiger partial charge in [-0.25, -0.2) is 0 Å². The molecule has 0 spiro atoms. The molecule has 0 heterocycles. The van der Waals surface area contributed by atoms with Crippen molar-refractivity contribution in [3.8, 4) is 0 Å². The quantitative estimate of drug-likeness (QED) is 0.433. The number of aliphatic hydroxyl groups is 1. The Morgan fingerprint density at radius 3 is 2.00 bits per heavy atom. The minimum absolute atomic E-state index is 0.0388. The van der Waals surface area contributed by atoms with Crippen LogP contribution in [0.25, 0.3) is 0 Å². The standard InChI is InChI=1S/C10H7NO5/c12-8-6-3-1-2-4-7(6)9(13)10(8,14)5-11(15)16/h1-4,14H,5H2. The Kier molecular flexibility index (Phi) is 2.09. The Morgan fingerprint density at radius 1 is 1.19 bits per heavy atom. The lowest BCUT2D eigenvalue weighted by molar-refractivity contribution is -0.491. The van der Waals surface area contributed by atoms with Crippen LogP contribution in [0.3, 0.4) is 0 Å². The van der Waals surface area contributed by atoms with Crippen LogP contribution in [0.4, 0.5) is 0 Å². The normalized spacial score (nSPS) is 17.3.